The molecule has 30 heteroatoms. The molecule has 0 aromatic rings. The van der Waals surface area contributed by atoms with E-state index in [9.17, 15) is 4.20 Å². The molecule has 0 bridgehead atoms. The van der Waals surface area contributed by atoms with E-state index in [4.69, 9.17) is 53.3 Å². The fourth-order valence-corrected chi connectivity index (χ4v) is 14.5. The summed E-state index contributed by atoms with van der Waals surface area (Å²) in [7, 11) is -2.25. The zero-order valence-electron chi connectivity index (χ0n) is 65.4. The zero-order chi connectivity index (χ0) is 69.6. The first kappa shape index (κ1) is 96.0. The number of hydrogen-bond acceptors (Lipinski definition) is 12. The van der Waals surface area contributed by atoms with E-state index in [1.54, 1.807) is 26.7 Å². The molecule has 0 unspecified atom stereocenters. The van der Waals surface area contributed by atoms with Crippen molar-refractivity contribution in [3.8, 4) is 0 Å². The summed E-state index contributed by atoms with van der Waals surface area (Å²) in [6.45, 7) is 82.3. The van der Waals surface area contributed by atoms with Gasteiger partial charge >= 0.3 is 522 Å². The minimum absolute atomic E-state index is 0.562. The van der Waals surface area contributed by atoms with Gasteiger partial charge in [-0.3, -0.25) is 0 Å². The van der Waals surface area contributed by atoms with Crippen LogP contribution in [0.15, 0.2) is 0 Å². The molecule has 0 aromatic carbocycles. The number of rotatable bonds is 24. The van der Waals surface area contributed by atoms with Crippen molar-refractivity contribution < 1.29 is 57.5 Å². The third-order valence-electron chi connectivity index (χ3n) is 6.09. The molecule has 82 heavy (non-hydrogen) atoms. The van der Waals surface area contributed by atoms with Crippen LogP contribution < -0.4 is 0 Å². The van der Waals surface area contributed by atoms with Crippen molar-refractivity contribution in [3.05, 3.63) is 0 Å². The van der Waals surface area contributed by atoms with Crippen LogP contribution in [0.1, 0.15) is 0 Å². The Morgan fingerprint density at radius 2 is 0.171 bits per heavy atom. The van der Waals surface area contributed by atoms with Crippen molar-refractivity contribution in [2.75, 3.05) is 347 Å². The Morgan fingerprint density at radius 1 is 0.134 bits per heavy atom. The molecular weight excluding hydrogens is 1280 g/mol. The molecule has 0 aromatic heterocycles. The topological polar surface area (TPSA) is 111 Å². The molecule has 0 amide bonds. The van der Waals surface area contributed by atoms with Crippen LogP contribution in [0.25, 0.3) is 0 Å². The molecule has 520 valence electrons. The first-order chi connectivity index (χ1) is 32.4. The molecule has 0 aliphatic carbocycles. The molecule has 0 heterocycles. The van der Waals surface area contributed by atoms with Crippen LogP contribution in [0.4, 0.5) is 4.20 Å². The van der Waals surface area contributed by atoms with Gasteiger partial charge in [0.1, 0.15) is 0 Å². The van der Waals surface area contributed by atoms with Crippen LogP contribution in [0.2, 0.25) is 0 Å². The molecule has 0 rings (SSSR count). The van der Waals surface area contributed by atoms with Gasteiger partial charge in [0, 0.05) is 0 Å². The normalized spacial score (nSPS) is 20.4. The van der Waals surface area contributed by atoms with Crippen LogP contribution in [0.3, 0.4) is 0 Å². The maximum atomic E-state index is 12.5. The fourth-order valence-electron chi connectivity index (χ4n) is 4.36. The first-order valence-electron chi connectivity index (χ1n) is 28.4. The molecule has 0 radical (unpaired) electrons. The Hall–Kier alpha value is 5.30. The van der Waals surface area contributed by atoms with E-state index in [1.165, 1.54) is 0 Å². The summed E-state index contributed by atoms with van der Waals surface area (Å²) >= 11 is 0. The van der Waals surface area contributed by atoms with Gasteiger partial charge < -0.3 is 0 Å². The second kappa shape index (κ2) is 24.7. The van der Waals surface area contributed by atoms with Gasteiger partial charge in [0.15, 0.2) is 0 Å². The van der Waals surface area contributed by atoms with Gasteiger partial charge in [-0.15, -0.1) is 0 Å². The molecule has 0 saturated heterocycles. The second-order valence-electron chi connectivity index (χ2n) is 46.7. The number of hydrogen-bond donors (Lipinski definition) is 0. The Kier molecular flexibility index (Phi) is 29.0. The van der Waals surface area contributed by atoms with Crippen molar-refractivity contribution in [2.24, 2.45) is 0 Å². The fraction of sp³-hybridized carbons (Fsp3) is 1.00. The summed E-state index contributed by atoms with van der Waals surface area (Å²) in [6, 6.07) is 0. The van der Waals surface area contributed by atoms with Crippen molar-refractivity contribution >= 4 is 118 Å². The van der Waals surface area contributed by atoms with E-state index in [0.717, 1.165) is 0 Å². The van der Waals surface area contributed by atoms with Gasteiger partial charge in [-0.25, -0.2) is 0 Å². The third kappa shape index (κ3) is 101. The van der Waals surface area contributed by atoms with Gasteiger partial charge in [-0.2, -0.15) is 0 Å². The van der Waals surface area contributed by atoms with E-state index in [0.29, 0.717) is 0 Å². The van der Waals surface area contributed by atoms with E-state index in [1.807, 2.05) is 0 Å². The monoisotopic (exact) mass is 1440 g/mol. The quantitative estimate of drug-likeness (QED) is 0.0678. The van der Waals surface area contributed by atoms with Crippen LogP contribution in [-0.4, -0.2) is 376 Å². The van der Waals surface area contributed by atoms with Crippen molar-refractivity contribution in [1.82, 2.24) is 0 Å². The summed E-state index contributed by atoms with van der Waals surface area (Å²) in [6.07, 6.45) is 0. The summed E-state index contributed by atoms with van der Waals surface area (Å²) in [4.78, 5) is 0. The maximum absolute atomic E-state index is 12.5. The minimum atomic E-state index is -2.55. The molecule has 0 aliphatic heterocycles. The molecule has 12 nitrogen and oxygen atoms in total. The van der Waals surface area contributed by atoms with Gasteiger partial charge in [-0.05, 0) is 0 Å². The van der Waals surface area contributed by atoms with Crippen molar-refractivity contribution in [2.45, 2.75) is 0 Å². The average molecular weight is 1440 g/mol. The molecule has 0 N–H and O–H groups in total. The van der Waals surface area contributed by atoms with E-state index in [-0.39, 0.29) is 0 Å². The predicted octanol–water partition coefficient (Wildman–Crippen LogP) is 17.9. The van der Waals surface area contributed by atoms with Crippen LogP contribution in [0, 0.1) is 0 Å². The SMILES string of the molecule is CP(C)(C)(C)F.CP(C)(C)(C)OB(OP(C)(C)(C)C)OP(C)(C)(C)C.CP(C)(C)(C)OB(OP(C)(C)(C)C)OP(C)(C)(C)C.CP(C)(C)(C)OB(OP(C)(C)(C)C)OP(C)(C)(C)C.CP(C)(C)(C)OB(OP(C)(C)(C)C)OP(C)(C)(C)C. The van der Waals surface area contributed by atoms with Crippen LogP contribution in [0.5, 0.6) is 0 Å². The van der Waals surface area contributed by atoms with Gasteiger partial charge in [0.25, 0.3) is 0 Å². The van der Waals surface area contributed by atoms with Crippen molar-refractivity contribution in [3.63, 3.8) is 0 Å². The summed E-state index contributed by atoms with van der Waals surface area (Å²) < 4.78 is 87.6. The molecule has 0 fully saturated rings. The van der Waals surface area contributed by atoms with E-state index in [2.05, 4.69) is 320 Å². The molecule has 0 aliphatic rings. The Labute approximate surface area is 518 Å². The standard InChI is InChI=1S/4C12H36BO3P3.C4H12FP/c4*1-17(2,3,4)14-13(15-18(5,6,7)8)16-19(9,10,11)12;1-6(2,3,4)5/h4*1-12H3;1-4H3. The molecule has 0 spiro atoms. The number of halogens is 1. The van der Waals surface area contributed by atoms with Crippen LogP contribution in [-0.2, 0) is 53.3 Å². The third-order valence-corrected chi connectivity index (χ3v) is 18.3. The second-order valence-corrected chi connectivity index (χ2v) is 138. The van der Waals surface area contributed by atoms with Crippen molar-refractivity contribution in [1.29, 1.82) is 0 Å². The molecule has 0 saturated carbocycles. The van der Waals surface area contributed by atoms with Gasteiger partial charge in [0.05, 0.1) is 0 Å². The van der Waals surface area contributed by atoms with Gasteiger partial charge in [0.2, 0.25) is 0 Å². The first-order valence-corrected chi connectivity index (χ1v) is 79.7. The Bertz CT molecular complexity index is 1530. The summed E-state index contributed by atoms with van der Waals surface area (Å²) in [5, 5.41) is 0. The van der Waals surface area contributed by atoms with Crippen LogP contribution >= 0.6 is 88.9 Å². The zero-order valence-corrected chi connectivity index (χ0v) is 77.0. The van der Waals surface area contributed by atoms with Gasteiger partial charge in [-0.1, -0.05) is 0 Å². The predicted molar refractivity (Wildman–Crippen MR) is 435 cm³/mol. The average Bonchev–Trinajstić information content (AvgIpc) is 2.72. The molecular formula is C52H156B4FO12P13. The summed E-state index contributed by atoms with van der Waals surface area (Å²) in [5.41, 5.74) is 0. The van der Waals surface area contributed by atoms with E-state index < -0.39 is 118 Å². The van der Waals surface area contributed by atoms with E-state index >= 15 is 0 Å². The molecule has 0 atom stereocenters. The summed E-state index contributed by atoms with van der Waals surface area (Å²) in [5.74, 6) is 0. The Balaban J connectivity index is -0.000000310. The Morgan fingerprint density at radius 3 is 0.195 bits per heavy atom.